The molecule has 6 nitrogen and oxygen atoms in total. The number of carbonyl (C=O) groups is 1. The van der Waals surface area contributed by atoms with Crippen molar-refractivity contribution in [2.45, 2.75) is 25.8 Å². The Hall–Kier alpha value is -2.18. The van der Waals surface area contributed by atoms with E-state index in [9.17, 15) is 4.79 Å². The molecule has 1 aromatic carbocycles. The van der Waals surface area contributed by atoms with E-state index in [1.165, 1.54) is 5.56 Å². The summed E-state index contributed by atoms with van der Waals surface area (Å²) >= 11 is 0. The lowest BCUT2D eigenvalue weighted by atomic mass is 9.90. The van der Waals surface area contributed by atoms with Crippen LogP contribution in [-0.4, -0.2) is 60.3 Å². The second-order valence-corrected chi connectivity index (χ2v) is 7.49. The van der Waals surface area contributed by atoms with Crippen molar-refractivity contribution >= 4 is 5.91 Å². The monoisotopic (exact) mass is 369 g/mol. The van der Waals surface area contributed by atoms with Crippen LogP contribution in [-0.2, 0) is 17.7 Å². The van der Waals surface area contributed by atoms with Crippen molar-refractivity contribution in [1.29, 1.82) is 0 Å². The molecule has 144 valence electrons. The lowest BCUT2D eigenvalue weighted by Crippen LogP contribution is -2.39. The van der Waals surface area contributed by atoms with Crippen molar-refractivity contribution in [2.24, 2.45) is 5.92 Å². The third-order valence-electron chi connectivity index (χ3n) is 5.53. The van der Waals surface area contributed by atoms with Crippen LogP contribution in [0.25, 0.3) is 0 Å². The van der Waals surface area contributed by atoms with Gasteiger partial charge in [0.25, 0.3) is 5.91 Å². The molecule has 2 aliphatic heterocycles. The van der Waals surface area contributed by atoms with E-state index in [-0.39, 0.29) is 5.91 Å². The smallest absolute Gasteiger partial charge is 0.276 e. The van der Waals surface area contributed by atoms with Crippen LogP contribution >= 0.6 is 0 Å². The van der Waals surface area contributed by atoms with Gasteiger partial charge in [-0.05, 0) is 30.7 Å². The lowest BCUT2D eigenvalue weighted by Gasteiger charge is -2.31. The highest BCUT2D eigenvalue weighted by molar-refractivity contribution is 5.92. The molecule has 4 rings (SSSR count). The van der Waals surface area contributed by atoms with Gasteiger partial charge in [0.2, 0.25) is 0 Å². The van der Waals surface area contributed by atoms with E-state index in [1.54, 1.807) is 6.07 Å². The average molecular weight is 369 g/mol. The molecule has 6 heteroatoms. The predicted molar refractivity (Wildman–Crippen MR) is 101 cm³/mol. The SMILES string of the molecule is O=C(c1cc(CN2CCOCC2)on1)N1CCC(Cc2ccccc2)CC1. The highest BCUT2D eigenvalue weighted by Crippen LogP contribution is 2.23. The molecule has 0 aliphatic carbocycles. The number of likely N-dealkylation sites (tertiary alicyclic amines) is 1. The fourth-order valence-electron chi connectivity index (χ4n) is 3.92. The molecule has 0 N–H and O–H groups in total. The third kappa shape index (κ3) is 4.76. The van der Waals surface area contributed by atoms with Gasteiger partial charge in [-0.25, -0.2) is 0 Å². The number of hydrogen-bond donors (Lipinski definition) is 0. The zero-order chi connectivity index (χ0) is 18.5. The van der Waals surface area contributed by atoms with E-state index in [4.69, 9.17) is 9.26 Å². The third-order valence-corrected chi connectivity index (χ3v) is 5.53. The van der Waals surface area contributed by atoms with Gasteiger partial charge < -0.3 is 14.2 Å². The number of rotatable bonds is 5. The Labute approximate surface area is 160 Å². The van der Waals surface area contributed by atoms with Crippen LogP contribution in [0, 0.1) is 5.92 Å². The van der Waals surface area contributed by atoms with Gasteiger partial charge >= 0.3 is 0 Å². The second kappa shape index (κ2) is 8.67. The van der Waals surface area contributed by atoms with Crippen molar-refractivity contribution < 1.29 is 14.1 Å². The molecule has 0 saturated carbocycles. The van der Waals surface area contributed by atoms with Gasteiger partial charge in [-0.3, -0.25) is 9.69 Å². The topological polar surface area (TPSA) is 58.8 Å². The van der Waals surface area contributed by atoms with Crippen molar-refractivity contribution in [3.63, 3.8) is 0 Å². The van der Waals surface area contributed by atoms with Gasteiger partial charge in [0, 0.05) is 32.2 Å². The quantitative estimate of drug-likeness (QED) is 0.811. The molecule has 27 heavy (non-hydrogen) atoms. The average Bonchev–Trinajstić information content (AvgIpc) is 3.18. The van der Waals surface area contributed by atoms with Gasteiger partial charge in [0.15, 0.2) is 11.5 Å². The Morgan fingerprint density at radius 1 is 1.07 bits per heavy atom. The van der Waals surface area contributed by atoms with Crippen LogP contribution in [0.1, 0.15) is 34.7 Å². The second-order valence-electron chi connectivity index (χ2n) is 7.49. The van der Waals surface area contributed by atoms with E-state index in [1.807, 2.05) is 4.90 Å². The molecule has 2 aliphatic rings. The van der Waals surface area contributed by atoms with Gasteiger partial charge in [0.1, 0.15) is 0 Å². The molecule has 0 spiro atoms. The number of aromatic nitrogens is 1. The number of morpholine rings is 1. The van der Waals surface area contributed by atoms with Crippen LogP contribution in [0.4, 0.5) is 0 Å². The van der Waals surface area contributed by atoms with Crippen LogP contribution in [0.15, 0.2) is 40.9 Å². The summed E-state index contributed by atoms with van der Waals surface area (Å²) in [5, 5.41) is 4.02. The highest BCUT2D eigenvalue weighted by Gasteiger charge is 2.26. The van der Waals surface area contributed by atoms with Gasteiger partial charge in [0.05, 0.1) is 19.8 Å². The van der Waals surface area contributed by atoms with Crippen LogP contribution < -0.4 is 0 Å². The minimum atomic E-state index is -0.00913. The summed E-state index contributed by atoms with van der Waals surface area (Å²) < 4.78 is 10.8. The van der Waals surface area contributed by atoms with Gasteiger partial charge in [-0.1, -0.05) is 35.5 Å². The van der Waals surface area contributed by atoms with Crippen molar-refractivity contribution in [1.82, 2.24) is 15.0 Å². The zero-order valence-electron chi connectivity index (χ0n) is 15.7. The van der Waals surface area contributed by atoms with Crippen LogP contribution in [0.2, 0.25) is 0 Å². The van der Waals surface area contributed by atoms with E-state index in [0.717, 1.165) is 64.4 Å². The zero-order valence-corrected chi connectivity index (χ0v) is 15.7. The molecule has 1 amide bonds. The maximum atomic E-state index is 12.7. The lowest BCUT2D eigenvalue weighted by molar-refractivity contribution is 0.0305. The Morgan fingerprint density at radius 2 is 1.81 bits per heavy atom. The number of ether oxygens (including phenoxy) is 1. The number of benzene rings is 1. The molecule has 2 aromatic rings. The molecule has 3 heterocycles. The number of piperidine rings is 1. The Morgan fingerprint density at radius 3 is 2.56 bits per heavy atom. The van der Waals surface area contributed by atoms with Crippen molar-refractivity contribution in [3.8, 4) is 0 Å². The number of carbonyl (C=O) groups excluding carboxylic acids is 1. The predicted octanol–water partition coefficient (Wildman–Crippen LogP) is 2.60. The summed E-state index contributed by atoms with van der Waals surface area (Å²) in [7, 11) is 0. The van der Waals surface area contributed by atoms with E-state index < -0.39 is 0 Å². The number of nitrogens with zero attached hydrogens (tertiary/aromatic N) is 3. The summed E-state index contributed by atoms with van der Waals surface area (Å²) in [5.74, 6) is 1.38. The van der Waals surface area contributed by atoms with E-state index >= 15 is 0 Å². The van der Waals surface area contributed by atoms with Crippen LogP contribution in [0.3, 0.4) is 0 Å². The molecular weight excluding hydrogens is 342 g/mol. The maximum absolute atomic E-state index is 12.7. The minimum Gasteiger partial charge on any atom is -0.379 e. The highest BCUT2D eigenvalue weighted by atomic mass is 16.5. The Bertz CT molecular complexity index is 732. The van der Waals surface area contributed by atoms with Gasteiger partial charge in [-0.2, -0.15) is 0 Å². The number of hydrogen-bond acceptors (Lipinski definition) is 5. The maximum Gasteiger partial charge on any atom is 0.276 e. The Balaban J connectivity index is 1.28. The summed E-state index contributed by atoms with van der Waals surface area (Å²) in [6.45, 7) is 5.54. The first-order chi connectivity index (χ1) is 13.3. The summed E-state index contributed by atoms with van der Waals surface area (Å²) in [6, 6.07) is 12.4. The molecule has 0 radical (unpaired) electrons. The fourth-order valence-corrected chi connectivity index (χ4v) is 3.92. The molecule has 2 fully saturated rings. The molecule has 0 unspecified atom stereocenters. The van der Waals surface area contributed by atoms with Crippen molar-refractivity contribution in [2.75, 3.05) is 39.4 Å². The minimum absolute atomic E-state index is 0.00913. The normalized spacial score (nSPS) is 19.3. The summed E-state index contributed by atoms with van der Waals surface area (Å²) in [4.78, 5) is 16.9. The Kier molecular flexibility index (Phi) is 5.84. The molecule has 0 bridgehead atoms. The molecule has 1 aromatic heterocycles. The number of amides is 1. The largest absolute Gasteiger partial charge is 0.379 e. The molecule has 2 saturated heterocycles. The van der Waals surface area contributed by atoms with E-state index in [2.05, 4.69) is 40.4 Å². The molecular formula is C21H27N3O3. The van der Waals surface area contributed by atoms with Crippen molar-refractivity contribution in [3.05, 3.63) is 53.4 Å². The van der Waals surface area contributed by atoms with E-state index in [0.29, 0.717) is 18.2 Å². The molecule has 0 atom stereocenters. The first-order valence-corrected chi connectivity index (χ1v) is 9.87. The summed E-state index contributed by atoms with van der Waals surface area (Å²) in [5.41, 5.74) is 1.81. The van der Waals surface area contributed by atoms with Gasteiger partial charge in [-0.15, -0.1) is 0 Å². The first kappa shape index (κ1) is 18.2. The fraction of sp³-hybridized carbons (Fsp3) is 0.524. The summed E-state index contributed by atoms with van der Waals surface area (Å²) in [6.07, 6.45) is 3.18. The van der Waals surface area contributed by atoms with Crippen LogP contribution in [0.5, 0.6) is 0 Å². The first-order valence-electron chi connectivity index (χ1n) is 9.87. The standard InChI is InChI=1S/C21H27N3O3/c25-21(20-15-19(27-22-20)16-23-10-12-26-13-11-23)24-8-6-18(7-9-24)14-17-4-2-1-3-5-17/h1-5,15,18H,6-14,16H2.